The van der Waals surface area contributed by atoms with Crippen molar-refractivity contribution in [3.8, 4) is 0 Å². The van der Waals surface area contributed by atoms with Crippen LogP contribution in [0.1, 0.15) is 65.2 Å². The van der Waals surface area contributed by atoms with E-state index in [-0.39, 0.29) is 30.9 Å². The van der Waals surface area contributed by atoms with Gasteiger partial charge in [0, 0.05) is 26.6 Å². The van der Waals surface area contributed by atoms with Crippen LogP contribution in [0.5, 0.6) is 0 Å². The van der Waals surface area contributed by atoms with Crippen molar-refractivity contribution in [2.45, 2.75) is 65.2 Å². The van der Waals surface area contributed by atoms with Crippen molar-refractivity contribution in [3.63, 3.8) is 0 Å². The number of unbranched alkanes of at least 4 members (excludes halogenated alkanes) is 2. The van der Waals surface area contributed by atoms with Crippen LogP contribution in [-0.2, 0) is 28.6 Å². The minimum atomic E-state index is -0.540. The fourth-order valence-electron chi connectivity index (χ4n) is 3.08. The molecule has 0 saturated heterocycles. The van der Waals surface area contributed by atoms with E-state index in [0.717, 1.165) is 31.3 Å². The number of hydrogen-bond donors (Lipinski definition) is 0. The van der Waals surface area contributed by atoms with Gasteiger partial charge in [-0.25, -0.2) is 0 Å². The number of allylic oxidation sites excluding steroid dienone is 3. The summed E-state index contributed by atoms with van der Waals surface area (Å²) in [6.07, 6.45) is 11.3. The summed E-state index contributed by atoms with van der Waals surface area (Å²) < 4.78 is 15.8. The molecule has 6 nitrogen and oxygen atoms in total. The Hall–Kier alpha value is -1.95. The van der Waals surface area contributed by atoms with Gasteiger partial charge in [-0.1, -0.05) is 31.6 Å². The van der Waals surface area contributed by atoms with Crippen LogP contribution in [0.25, 0.3) is 0 Å². The molecular weight excluding hydrogens is 372 g/mol. The van der Waals surface area contributed by atoms with E-state index in [1.807, 2.05) is 12.2 Å². The lowest BCUT2D eigenvalue weighted by molar-refractivity contribution is -0.155. The number of esters is 2. The summed E-state index contributed by atoms with van der Waals surface area (Å²) in [6, 6.07) is 0. The van der Waals surface area contributed by atoms with Gasteiger partial charge in [0.25, 0.3) is 0 Å². The Labute approximate surface area is 174 Å². The Morgan fingerprint density at radius 2 is 1.90 bits per heavy atom. The van der Waals surface area contributed by atoms with Gasteiger partial charge in [0.15, 0.2) is 0 Å². The summed E-state index contributed by atoms with van der Waals surface area (Å²) in [7, 11) is 1.65. The standard InChI is InChI=1S/C23H36O6/c1-18-10-6-7-12-20(18)16-29-23(26)21(13-9-11-19(2)24)17-28-22(25)14-5-4-8-15-27-3/h6-7,12,18,21H,4-5,8-11,13-17H2,1-3H3. The van der Waals surface area contributed by atoms with Crippen molar-refractivity contribution >= 4 is 17.7 Å². The molecular formula is C23H36O6. The fraction of sp³-hybridized carbons (Fsp3) is 0.696. The third-order valence-electron chi connectivity index (χ3n) is 5.04. The van der Waals surface area contributed by atoms with Crippen LogP contribution in [0.15, 0.2) is 23.8 Å². The third kappa shape index (κ3) is 11.6. The normalized spacial score (nSPS) is 16.8. The first-order valence-corrected chi connectivity index (χ1v) is 10.6. The fourth-order valence-corrected chi connectivity index (χ4v) is 3.08. The van der Waals surface area contributed by atoms with E-state index in [0.29, 0.717) is 38.2 Å². The maximum absolute atomic E-state index is 12.6. The van der Waals surface area contributed by atoms with E-state index in [1.54, 1.807) is 7.11 Å². The monoisotopic (exact) mass is 408 g/mol. The molecule has 0 amide bonds. The Kier molecular flexibility index (Phi) is 12.9. The second kappa shape index (κ2) is 15.0. The molecule has 0 aromatic carbocycles. The molecule has 0 N–H and O–H groups in total. The van der Waals surface area contributed by atoms with Crippen LogP contribution < -0.4 is 0 Å². The van der Waals surface area contributed by atoms with E-state index < -0.39 is 5.92 Å². The van der Waals surface area contributed by atoms with Gasteiger partial charge in [0.1, 0.15) is 19.0 Å². The molecule has 0 bridgehead atoms. The van der Waals surface area contributed by atoms with Crippen LogP contribution in [0.3, 0.4) is 0 Å². The lowest BCUT2D eigenvalue weighted by Crippen LogP contribution is -2.26. The second-order valence-corrected chi connectivity index (χ2v) is 7.69. The summed E-state index contributed by atoms with van der Waals surface area (Å²) in [5, 5.41) is 0. The van der Waals surface area contributed by atoms with Gasteiger partial charge in [0.05, 0.1) is 5.92 Å². The quantitative estimate of drug-likeness (QED) is 0.299. The summed E-state index contributed by atoms with van der Waals surface area (Å²) in [5.74, 6) is -0.787. The van der Waals surface area contributed by atoms with Crippen molar-refractivity contribution in [1.82, 2.24) is 0 Å². The summed E-state index contributed by atoms with van der Waals surface area (Å²) in [4.78, 5) is 35.7. The lowest BCUT2D eigenvalue weighted by Gasteiger charge is -2.20. The highest BCUT2D eigenvalue weighted by Gasteiger charge is 2.23. The first-order chi connectivity index (χ1) is 13.9. The predicted molar refractivity (Wildman–Crippen MR) is 111 cm³/mol. The Morgan fingerprint density at radius 1 is 1.10 bits per heavy atom. The molecule has 0 heterocycles. The largest absolute Gasteiger partial charge is 0.465 e. The van der Waals surface area contributed by atoms with Gasteiger partial charge in [-0.3, -0.25) is 9.59 Å². The summed E-state index contributed by atoms with van der Waals surface area (Å²) in [6.45, 7) is 4.57. The molecule has 2 atom stereocenters. The Morgan fingerprint density at radius 3 is 2.59 bits per heavy atom. The molecule has 1 aliphatic carbocycles. The highest BCUT2D eigenvalue weighted by Crippen LogP contribution is 2.21. The third-order valence-corrected chi connectivity index (χ3v) is 5.04. The van der Waals surface area contributed by atoms with Crippen LogP contribution in [-0.4, -0.2) is 44.7 Å². The molecule has 6 heteroatoms. The zero-order valence-electron chi connectivity index (χ0n) is 18.1. The van der Waals surface area contributed by atoms with Crippen molar-refractivity contribution < 1.29 is 28.6 Å². The minimum Gasteiger partial charge on any atom is -0.465 e. The molecule has 0 saturated carbocycles. The van der Waals surface area contributed by atoms with Gasteiger partial charge in [-0.15, -0.1) is 0 Å². The second-order valence-electron chi connectivity index (χ2n) is 7.69. The number of carbonyl (C=O) groups excluding carboxylic acids is 3. The minimum absolute atomic E-state index is 0.00213. The van der Waals surface area contributed by atoms with Crippen LogP contribution in [0, 0.1) is 11.8 Å². The van der Waals surface area contributed by atoms with Crippen LogP contribution in [0.4, 0.5) is 0 Å². The van der Waals surface area contributed by atoms with E-state index >= 15 is 0 Å². The summed E-state index contributed by atoms with van der Waals surface area (Å²) in [5.41, 5.74) is 1.08. The number of Topliss-reactive ketones (excluding diaryl/α,β-unsaturated/α-hetero) is 1. The molecule has 2 unspecified atom stereocenters. The molecule has 0 fully saturated rings. The number of hydrogen-bond acceptors (Lipinski definition) is 6. The molecule has 0 radical (unpaired) electrons. The van der Waals surface area contributed by atoms with E-state index in [9.17, 15) is 14.4 Å². The lowest BCUT2D eigenvalue weighted by atomic mass is 9.94. The van der Waals surface area contributed by atoms with E-state index in [2.05, 4.69) is 13.0 Å². The van der Waals surface area contributed by atoms with Gasteiger partial charge in [0.2, 0.25) is 0 Å². The van der Waals surface area contributed by atoms with Crippen molar-refractivity contribution in [2.75, 3.05) is 26.9 Å². The zero-order chi connectivity index (χ0) is 21.5. The maximum atomic E-state index is 12.6. The van der Waals surface area contributed by atoms with Crippen LogP contribution in [0.2, 0.25) is 0 Å². The van der Waals surface area contributed by atoms with E-state index in [1.165, 1.54) is 6.92 Å². The highest BCUT2D eigenvalue weighted by atomic mass is 16.5. The van der Waals surface area contributed by atoms with E-state index in [4.69, 9.17) is 14.2 Å². The molecule has 0 spiro atoms. The molecule has 29 heavy (non-hydrogen) atoms. The predicted octanol–water partition coefficient (Wildman–Crippen LogP) is 4.18. The topological polar surface area (TPSA) is 78.9 Å². The smallest absolute Gasteiger partial charge is 0.312 e. The average molecular weight is 409 g/mol. The molecule has 164 valence electrons. The Balaban J connectivity index is 2.45. The molecule has 0 aromatic rings. The maximum Gasteiger partial charge on any atom is 0.312 e. The van der Waals surface area contributed by atoms with Gasteiger partial charge < -0.3 is 19.0 Å². The number of rotatable bonds is 15. The molecule has 0 aliphatic heterocycles. The number of methoxy groups -OCH3 is 1. The van der Waals surface area contributed by atoms with Crippen molar-refractivity contribution in [2.24, 2.45) is 11.8 Å². The van der Waals surface area contributed by atoms with Gasteiger partial charge in [-0.2, -0.15) is 0 Å². The van der Waals surface area contributed by atoms with Crippen LogP contribution >= 0.6 is 0 Å². The number of ether oxygens (including phenoxy) is 3. The number of carbonyl (C=O) groups is 3. The van der Waals surface area contributed by atoms with Crippen molar-refractivity contribution in [1.29, 1.82) is 0 Å². The van der Waals surface area contributed by atoms with Gasteiger partial charge >= 0.3 is 11.9 Å². The highest BCUT2D eigenvalue weighted by molar-refractivity contribution is 5.76. The SMILES string of the molecule is COCCCCCC(=O)OCC(CCCC(C)=O)C(=O)OCC1=CC=CCC1C. The first kappa shape index (κ1) is 25.1. The Bertz CT molecular complexity index is 578. The van der Waals surface area contributed by atoms with Gasteiger partial charge in [-0.05, 0) is 50.5 Å². The molecule has 0 aromatic heterocycles. The summed E-state index contributed by atoms with van der Waals surface area (Å²) >= 11 is 0. The van der Waals surface area contributed by atoms with Crippen molar-refractivity contribution in [3.05, 3.63) is 23.8 Å². The number of ketones is 1. The molecule has 1 rings (SSSR count). The molecule has 1 aliphatic rings. The first-order valence-electron chi connectivity index (χ1n) is 10.6. The zero-order valence-corrected chi connectivity index (χ0v) is 18.1. The average Bonchev–Trinajstić information content (AvgIpc) is 2.69.